The van der Waals surface area contributed by atoms with Gasteiger partial charge in [-0.05, 0) is 17.7 Å². The zero-order valence-corrected chi connectivity index (χ0v) is 16.0. The molecular formula is C16H13BrClN3O3S. The molecule has 1 amide bonds. The molecule has 0 atom stereocenters. The Balaban J connectivity index is 1.83. The summed E-state index contributed by atoms with van der Waals surface area (Å²) in [6.45, 7) is 0. The molecule has 1 N–H and O–H groups in total. The molecule has 0 radical (unpaired) electrons. The fraction of sp³-hybridized carbons (Fsp3) is 0.125. The van der Waals surface area contributed by atoms with E-state index in [1.807, 2.05) is 24.3 Å². The largest absolute Gasteiger partial charge is 0.272 e. The molecule has 130 valence electrons. The van der Waals surface area contributed by atoms with Crippen LogP contribution in [0.1, 0.15) is 11.1 Å². The third-order valence-electron chi connectivity index (χ3n) is 3.03. The van der Waals surface area contributed by atoms with Crippen molar-refractivity contribution in [2.75, 3.05) is 5.75 Å². The Morgan fingerprint density at radius 2 is 2.12 bits per heavy atom. The second-order valence-electron chi connectivity index (χ2n) is 4.84. The Morgan fingerprint density at radius 3 is 2.84 bits per heavy atom. The van der Waals surface area contributed by atoms with Crippen LogP contribution < -0.4 is 5.43 Å². The minimum atomic E-state index is -0.523. The topological polar surface area (TPSA) is 84.6 Å². The van der Waals surface area contributed by atoms with E-state index in [4.69, 9.17) is 11.6 Å². The summed E-state index contributed by atoms with van der Waals surface area (Å²) < 4.78 is 1.00. The number of rotatable bonds is 7. The Morgan fingerprint density at radius 1 is 1.36 bits per heavy atom. The van der Waals surface area contributed by atoms with Gasteiger partial charge in [0, 0.05) is 32.9 Å². The second kappa shape index (κ2) is 9.55. The van der Waals surface area contributed by atoms with Crippen LogP contribution in [0.2, 0.25) is 5.02 Å². The number of nitrogens with one attached hydrogen (secondary N) is 1. The normalized spacial score (nSPS) is 10.8. The molecule has 25 heavy (non-hydrogen) atoms. The Hall–Kier alpha value is -1.90. The highest BCUT2D eigenvalue weighted by Crippen LogP contribution is 2.21. The average molecular weight is 443 g/mol. The van der Waals surface area contributed by atoms with Crippen molar-refractivity contribution < 1.29 is 9.72 Å². The molecule has 0 aromatic heterocycles. The standard InChI is InChI=1S/C16H13BrClN3O3S/c17-14-4-2-1-3-11(14)9-25-10-16(22)20-19-8-12-7-13(21(23)24)5-6-15(12)18/h1-8H,9-10H2,(H,20,22)/b19-8+. The minimum absolute atomic E-state index is 0.0961. The lowest BCUT2D eigenvalue weighted by Gasteiger charge is -2.03. The summed E-state index contributed by atoms with van der Waals surface area (Å²) in [4.78, 5) is 22.0. The van der Waals surface area contributed by atoms with Crippen molar-refractivity contribution in [3.8, 4) is 0 Å². The third kappa shape index (κ3) is 6.15. The zero-order valence-electron chi connectivity index (χ0n) is 12.8. The summed E-state index contributed by atoms with van der Waals surface area (Å²) in [6.07, 6.45) is 1.28. The molecule has 2 aromatic carbocycles. The van der Waals surface area contributed by atoms with Gasteiger partial charge in [-0.1, -0.05) is 45.7 Å². The number of carbonyl (C=O) groups is 1. The Kier molecular flexibility index (Phi) is 7.42. The lowest BCUT2D eigenvalue weighted by atomic mass is 10.2. The first-order valence-corrected chi connectivity index (χ1v) is 9.37. The van der Waals surface area contributed by atoms with E-state index in [0.717, 1.165) is 10.0 Å². The van der Waals surface area contributed by atoms with Crippen molar-refractivity contribution in [1.29, 1.82) is 0 Å². The highest BCUT2D eigenvalue weighted by Gasteiger charge is 2.08. The van der Waals surface area contributed by atoms with Crippen LogP contribution >= 0.6 is 39.3 Å². The smallest absolute Gasteiger partial charge is 0.270 e. The lowest BCUT2D eigenvalue weighted by Crippen LogP contribution is -2.19. The molecule has 0 saturated carbocycles. The van der Waals surface area contributed by atoms with Gasteiger partial charge in [0.25, 0.3) is 5.69 Å². The van der Waals surface area contributed by atoms with Crippen LogP contribution in [0.5, 0.6) is 0 Å². The summed E-state index contributed by atoms with van der Waals surface area (Å²) in [5.74, 6) is 0.659. The molecule has 0 aliphatic rings. The molecule has 9 heteroatoms. The number of nitrogens with zero attached hydrogens (tertiary/aromatic N) is 2. The summed E-state index contributed by atoms with van der Waals surface area (Å²) >= 11 is 10.9. The zero-order chi connectivity index (χ0) is 18.2. The van der Waals surface area contributed by atoms with Gasteiger partial charge >= 0.3 is 0 Å². The molecule has 0 heterocycles. The quantitative estimate of drug-likeness (QED) is 0.391. The van der Waals surface area contributed by atoms with Crippen LogP contribution in [0.3, 0.4) is 0 Å². The first kappa shape index (κ1) is 19.4. The van der Waals surface area contributed by atoms with Crippen LogP contribution in [0, 0.1) is 10.1 Å². The molecule has 0 spiro atoms. The summed E-state index contributed by atoms with van der Waals surface area (Å²) in [5.41, 5.74) is 3.74. The van der Waals surface area contributed by atoms with E-state index in [2.05, 4.69) is 26.5 Å². The molecule has 6 nitrogen and oxygen atoms in total. The number of nitro benzene ring substituents is 1. The first-order chi connectivity index (χ1) is 12.0. The van der Waals surface area contributed by atoms with Gasteiger partial charge in [0.1, 0.15) is 0 Å². The number of hydrazone groups is 1. The van der Waals surface area contributed by atoms with Gasteiger partial charge in [0.15, 0.2) is 0 Å². The third-order valence-corrected chi connectivity index (χ3v) is 5.13. The van der Waals surface area contributed by atoms with E-state index < -0.39 is 4.92 Å². The maximum absolute atomic E-state index is 11.8. The van der Waals surface area contributed by atoms with Crippen LogP contribution in [0.25, 0.3) is 0 Å². The fourth-order valence-corrected chi connectivity index (χ4v) is 3.42. The van der Waals surface area contributed by atoms with E-state index in [9.17, 15) is 14.9 Å². The van der Waals surface area contributed by atoms with Gasteiger partial charge in [0.2, 0.25) is 5.91 Å². The summed E-state index contributed by atoms with van der Waals surface area (Å²) in [6, 6.07) is 11.8. The van der Waals surface area contributed by atoms with E-state index in [0.29, 0.717) is 16.3 Å². The van der Waals surface area contributed by atoms with Crippen molar-refractivity contribution in [2.45, 2.75) is 5.75 Å². The highest BCUT2D eigenvalue weighted by molar-refractivity contribution is 9.10. The first-order valence-electron chi connectivity index (χ1n) is 7.04. The van der Waals surface area contributed by atoms with Gasteiger partial charge in [-0.15, -0.1) is 11.8 Å². The SMILES string of the molecule is O=C(CSCc1ccccc1Br)N/N=C/c1cc([N+](=O)[O-])ccc1Cl. The number of thioether (sulfide) groups is 1. The number of hydrogen-bond donors (Lipinski definition) is 1. The molecule has 0 aliphatic heterocycles. The summed E-state index contributed by atoms with van der Waals surface area (Å²) in [5, 5.41) is 14.9. The number of benzene rings is 2. The number of amides is 1. The monoisotopic (exact) mass is 441 g/mol. The lowest BCUT2D eigenvalue weighted by molar-refractivity contribution is -0.384. The summed E-state index contributed by atoms with van der Waals surface area (Å²) in [7, 11) is 0. The molecule has 2 rings (SSSR count). The van der Waals surface area contributed by atoms with Crippen LogP contribution in [-0.2, 0) is 10.5 Å². The second-order valence-corrected chi connectivity index (χ2v) is 7.09. The van der Waals surface area contributed by atoms with Crippen molar-refractivity contribution in [1.82, 2.24) is 5.43 Å². The van der Waals surface area contributed by atoms with Gasteiger partial charge in [0.05, 0.1) is 16.9 Å². The van der Waals surface area contributed by atoms with Crippen molar-refractivity contribution in [3.63, 3.8) is 0 Å². The van der Waals surface area contributed by atoms with Crippen molar-refractivity contribution >= 4 is 57.1 Å². The van der Waals surface area contributed by atoms with Gasteiger partial charge < -0.3 is 0 Å². The van der Waals surface area contributed by atoms with E-state index in [1.165, 1.54) is 36.2 Å². The molecule has 0 fully saturated rings. The van der Waals surface area contributed by atoms with Crippen LogP contribution in [0.15, 0.2) is 52.0 Å². The van der Waals surface area contributed by atoms with Crippen LogP contribution in [-0.4, -0.2) is 22.8 Å². The molecular weight excluding hydrogens is 430 g/mol. The van der Waals surface area contributed by atoms with Gasteiger partial charge in [-0.3, -0.25) is 14.9 Å². The van der Waals surface area contributed by atoms with Crippen molar-refractivity contribution in [3.05, 3.63) is 73.2 Å². The predicted molar refractivity (Wildman–Crippen MR) is 104 cm³/mol. The number of hydrogen-bond acceptors (Lipinski definition) is 5. The molecule has 0 aliphatic carbocycles. The maximum Gasteiger partial charge on any atom is 0.270 e. The number of carbonyl (C=O) groups excluding carboxylic acids is 1. The highest BCUT2D eigenvalue weighted by atomic mass is 79.9. The number of non-ortho nitro benzene ring substituents is 1. The molecule has 2 aromatic rings. The molecule has 0 bridgehead atoms. The minimum Gasteiger partial charge on any atom is -0.272 e. The molecule has 0 saturated heterocycles. The van der Waals surface area contributed by atoms with Crippen molar-refractivity contribution in [2.24, 2.45) is 5.10 Å². The predicted octanol–water partition coefficient (Wildman–Crippen LogP) is 4.39. The van der Waals surface area contributed by atoms with E-state index in [-0.39, 0.29) is 17.3 Å². The van der Waals surface area contributed by atoms with Gasteiger partial charge in [-0.2, -0.15) is 5.10 Å². The number of halogens is 2. The van der Waals surface area contributed by atoms with E-state index in [1.54, 1.807) is 0 Å². The Bertz CT molecular complexity index is 817. The van der Waals surface area contributed by atoms with Gasteiger partial charge in [-0.25, -0.2) is 5.43 Å². The number of nitro groups is 1. The maximum atomic E-state index is 11.8. The average Bonchev–Trinajstić information content (AvgIpc) is 2.58. The Labute approximate surface area is 161 Å². The fourth-order valence-electron chi connectivity index (χ4n) is 1.82. The molecule has 0 unspecified atom stereocenters. The van der Waals surface area contributed by atoms with Crippen LogP contribution in [0.4, 0.5) is 5.69 Å². The van der Waals surface area contributed by atoms with E-state index >= 15 is 0 Å².